The van der Waals surface area contributed by atoms with Crippen LogP contribution in [0.5, 0.6) is 0 Å². The summed E-state index contributed by atoms with van der Waals surface area (Å²) in [5.41, 5.74) is 5.91. The molecule has 4 aromatic carbocycles. The molecule has 0 aliphatic rings. The number of rotatable bonds is 15. The Hall–Kier alpha value is -3.78. The van der Waals surface area contributed by atoms with Crippen molar-refractivity contribution >= 4 is 49.3 Å². The highest BCUT2D eigenvalue weighted by Gasteiger charge is 2.15. The Morgan fingerprint density at radius 2 is 1.14 bits per heavy atom. The number of nitrogens with one attached hydrogen (secondary N) is 4. The Morgan fingerprint density at radius 1 is 0.628 bits per heavy atom. The molecule has 0 fully saturated rings. The molecule has 0 aliphatic carbocycles. The second kappa shape index (κ2) is 15.6. The highest BCUT2D eigenvalue weighted by Crippen LogP contribution is 2.36. The first-order chi connectivity index (χ1) is 20.8. The number of hydrogen-bond donors (Lipinski definition) is 4. The van der Waals surface area contributed by atoms with Crippen molar-refractivity contribution in [1.29, 1.82) is 0 Å². The average Bonchev–Trinajstić information content (AvgIpc) is 3.00. The van der Waals surface area contributed by atoms with E-state index in [4.69, 9.17) is 0 Å². The predicted octanol–water partition coefficient (Wildman–Crippen LogP) is 6.77. The van der Waals surface area contributed by atoms with Gasteiger partial charge in [-0.05, 0) is 102 Å². The number of benzene rings is 4. The summed E-state index contributed by atoms with van der Waals surface area (Å²) in [6, 6.07) is 23.8. The lowest BCUT2D eigenvalue weighted by Crippen LogP contribution is -2.27. The Kier molecular flexibility index (Phi) is 11.7. The van der Waals surface area contributed by atoms with E-state index in [-0.39, 0.29) is 11.8 Å². The summed E-state index contributed by atoms with van der Waals surface area (Å²) >= 11 is 3.62. The summed E-state index contributed by atoms with van der Waals surface area (Å²) in [5, 5.41) is 18.0. The Balaban J connectivity index is 1.61. The van der Waals surface area contributed by atoms with Crippen molar-refractivity contribution in [2.75, 3.05) is 26.2 Å². The summed E-state index contributed by atoms with van der Waals surface area (Å²) in [5.74, 6) is -0.197. The van der Waals surface area contributed by atoms with E-state index in [2.05, 4.69) is 111 Å². The van der Waals surface area contributed by atoms with Gasteiger partial charge in [0.25, 0.3) is 0 Å². The fourth-order valence-corrected chi connectivity index (χ4v) is 5.54. The molecule has 0 saturated carbocycles. The summed E-state index contributed by atoms with van der Waals surface area (Å²) in [6.07, 6.45) is 1.66. The van der Waals surface area contributed by atoms with E-state index in [1.54, 1.807) is 13.8 Å². The van der Waals surface area contributed by atoms with E-state index in [0.717, 1.165) is 42.5 Å². The Labute approximate surface area is 263 Å². The van der Waals surface area contributed by atoms with Crippen molar-refractivity contribution in [3.63, 3.8) is 0 Å². The molecular weight excluding hydrogens is 600 g/mol. The monoisotopic (exact) mass is 640 g/mol. The third-order valence-corrected chi connectivity index (χ3v) is 7.91. The van der Waals surface area contributed by atoms with Gasteiger partial charge < -0.3 is 21.3 Å². The third-order valence-electron chi connectivity index (χ3n) is 7.42. The first-order valence-electron chi connectivity index (χ1n) is 14.8. The number of carbonyl (C=O) groups is 2. The molecule has 7 heteroatoms. The fraction of sp³-hybridized carbons (Fsp3) is 0.278. The minimum atomic E-state index is -0.0992. The van der Waals surface area contributed by atoms with Gasteiger partial charge in [0.2, 0.25) is 11.8 Å². The van der Waals surface area contributed by atoms with Crippen LogP contribution >= 0.6 is 15.9 Å². The maximum atomic E-state index is 11.8. The van der Waals surface area contributed by atoms with E-state index in [0.29, 0.717) is 30.8 Å². The zero-order valence-electron chi connectivity index (χ0n) is 25.1. The number of amides is 2. The average molecular weight is 642 g/mol. The summed E-state index contributed by atoms with van der Waals surface area (Å²) in [6.45, 7) is 15.0. The van der Waals surface area contributed by atoms with Crippen LogP contribution in [0.15, 0.2) is 95.5 Å². The smallest absolute Gasteiger partial charge is 0.246 e. The number of carbonyl (C=O) groups excluding carboxylic acids is 2. The zero-order chi connectivity index (χ0) is 30.8. The van der Waals surface area contributed by atoms with Crippen LogP contribution in [0.3, 0.4) is 0 Å². The fourth-order valence-electron chi connectivity index (χ4n) is 5.14. The van der Waals surface area contributed by atoms with Crippen molar-refractivity contribution in [1.82, 2.24) is 21.3 Å². The SMILES string of the molecule is C=C(C)C(=O)NCCCNCc1c2ccccc2c(CNCCCNC(=O)C(=C)C)c2cc(-c3cccc(Br)c3)ccc12. The van der Waals surface area contributed by atoms with Crippen LogP contribution in [-0.2, 0) is 22.7 Å². The quantitative estimate of drug-likeness (QED) is 0.0657. The normalized spacial score (nSPS) is 11.0. The highest BCUT2D eigenvalue weighted by atomic mass is 79.9. The molecule has 4 rings (SSSR count). The number of fused-ring (bicyclic) bond motifs is 2. The van der Waals surface area contributed by atoms with Gasteiger partial charge in [0, 0.05) is 41.8 Å². The second-order valence-electron chi connectivity index (χ2n) is 10.9. The van der Waals surface area contributed by atoms with E-state index in [1.807, 2.05) is 6.07 Å². The van der Waals surface area contributed by atoms with Crippen LogP contribution in [0.25, 0.3) is 32.7 Å². The molecular formula is C36H41BrN4O2. The molecule has 0 spiro atoms. The maximum Gasteiger partial charge on any atom is 0.246 e. The number of halogens is 1. The van der Waals surface area contributed by atoms with Crippen molar-refractivity contribution in [2.45, 2.75) is 39.8 Å². The molecule has 6 nitrogen and oxygen atoms in total. The minimum absolute atomic E-state index is 0.0981. The third kappa shape index (κ3) is 8.63. The van der Waals surface area contributed by atoms with Gasteiger partial charge in [-0.2, -0.15) is 0 Å². The van der Waals surface area contributed by atoms with Gasteiger partial charge in [-0.3, -0.25) is 9.59 Å². The first-order valence-corrected chi connectivity index (χ1v) is 15.6. The van der Waals surface area contributed by atoms with Gasteiger partial charge >= 0.3 is 0 Å². The molecule has 0 heterocycles. The number of hydrogen-bond acceptors (Lipinski definition) is 4. The van der Waals surface area contributed by atoms with Gasteiger partial charge in [-0.15, -0.1) is 0 Å². The van der Waals surface area contributed by atoms with Crippen LogP contribution in [0.2, 0.25) is 0 Å². The second-order valence-corrected chi connectivity index (χ2v) is 11.8. The molecule has 43 heavy (non-hydrogen) atoms. The molecule has 0 aromatic heterocycles. The zero-order valence-corrected chi connectivity index (χ0v) is 26.7. The van der Waals surface area contributed by atoms with Gasteiger partial charge in [0.05, 0.1) is 0 Å². The van der Waals surface area contributed by atoms with E-state index in [1.165, 1.54) is 38.2 Å². The summed E-state index contributed by atoms with van der Waals surface area (Å²) in [4.78, 5) is 23.6. The van der Waals surface area contributed by atoms with E-state index < -0.39 is 0 Å². The first kappa shape index (κ1) is 32.1. The minimum Gasteiger partial charge on any atom is -0.352 e. The molecule has 0 atom stereocenters. The van der Waals surface area contributed by atoms with E-state index in [9.17, 15) is 9.59 Å². The van der Waals surface area contributed by atoms with Gasteiger partial charge in [-0.1, -0.05) is 77.6 Å². The van der Waals surface area contributed by atoms with Crippen LogP contribution in [-0.4, -0.2) is 38.0 Å². The van der Waals surface area contributed by atoms with Crippen LogP contribution in [0, 0.1) is 0 Å². The topological polar surface area (TPSA) is 82.3 Å². The van der Waals surface area contributed by atoms with Crippen molar-refractivity contribution in [2.24, 2.45) is 0 Å². The molecule has 224 valence electrons. The standard InChI is InChI=1S/C36H41BrN4O2/c1-24(2)35(42)40-18-8-16-38-22-33-29-12-5-6-13-30(29)34(23-39-17-9-19-41-36(43)25(3)4)32-21-27(14-15-31(32)33)26-10-7-11-28(37)20-26/h5-7,10-15,20-21,38-39H,1,3,8-9,16-19,22-23H2,2,4H3,(H,40,42)(H,41,43). The van der Waals surface area contributed by atoms with Crippen LogP contribution in [0.4, 0.5) is 0 Å². The molecule has 2 amide bonds. The van der Waals surface area contributed by atoms with Gasteiger partial charge in [-0.25, -0.2) is 0 Å². The molecule has 0 unspecified atom stereocenters. The Bertz CT molecular complexity index is 1650. The van der Waals surface area contributed by atoms with Crippen molar-refractivity contribution in [3.05, 3.63) is 107 Å². The van der Waals surface area contributed by atoms with E-state index >= 15 is 0 Å². The Morgan fingerprint density at radius 3 is 1.67 bits per heavy atom. The van der Waals surface area contributed by atoms with Gasteiger partial charge in [0.1, 0.15) is 0 Å². The predicted molar refractivity (Wildman–Crippen MR) is 183 cm³/mol. The van der Waals surface area contributed by atoms with Crippen LogP contribution < -0.4 is 21.3 Å². The lowest BCUT2D eigenvalue weighted by atomic mass is 9.89. The molecule has 4 N–H and O–H groups in total. The summed E-state index contributed by atoms with van der Waals surface area (Å²) < 4.78 is 1.05. The molecule has 0 bridgehead atoms. The molecule has 0 aliphatic heterocycles. The molecule has 4 aromatic rings. The van der Waals surface area contributed by atoms with Crippen molar-refractivity contribution in [3.8, 4) is 11.1 Å². The lowest BCUT2D eigenvalue weighted by molar-refractivity contribution is -0.118. The maximum absolute atomic E-state index is 11.8. The lowest BCUT2D eigenvalue weighted by Gasteiger charge is -2.19. The summed E-state index contributed by atoms with van der Waals surface area (Å²) in [7, 11) is 0. The largest absolute Gasteiger partial charge is 0.352 e. The van der Waals surface area contributed by atoms with Crippen LogP contribution in [0.1, 0.15) is 37.8 Å². The molecule has 0 radical (unpaired) electrons. The van der Waals surface area contributed by atoms with Crippen molar-refractivity contribution < 1.29 is 9.59 Å². The molecule has 0 saturated heterocycles. The highest BCUT2D eigenvalue weighted by molar-refractivity contribution is 9.10. The van der Waals surface area contributed by atoms with Gasteiger partial charge in [0.15, 0.2) is 0 Å².